The first-order valence-corrected chi connectivity index (χ1v) is 7.55. The van der Waals surface area contributed by atoms with E-state index in [4.69, 9.17) is 5.73 Å². The average molecular weight is 314 g/mol. The van der Waals surface area contributed by atoms with Crippen molar-refractivity contribution in [2.75, 3.05) is 0 Å². The summed E-state index contributed by atoms with van der Waals surface area (Å²) in [5, 5.41) is 0. The Morgan fingerprint density at radius 1 is 1.44 bits per heavy atom. The molecule has 0 heterocycles. The van der Waals surface area contributed by atoms with E-state index >= 15 is 0 Å². The highest BCUT2D eigenvalue weighted by atomic mass is 79.9. The largest absolute Gasteiger partial charge is 0.327 e. The molecule has 1 fully saturated rings. The maximum atomic E-state index is 13.4. The van der Waals surface area contributed by atoms with E-state index in [1.54, 1.807) is 6.07 Å². The van der Waals surface area contributed by atoms with E-state index in [2.05, 4.69) is 22.9 Å². The van der Waals surface area contributed by atoms with Gasteiger partial charge in [-0.25, -0.2) is 4.39 Å². The maximum absolute atomic E-state index is 13.4. The minimum absolute atomic E-state index is 0.144. The molecule has 1 saturated carbocycles. The number of benzene rings is 1. The summed E-state index contributed by atoms with van der Waals surface area (Å²) in [4.78, 5) is 0. The van der Waals surface area contributed by atoms with Gasteiger partial charge in [-0.2, -0.15) is 0 Å². The highest BCUT2D eigenvalue weighted by Gasteiger charge is 2.25. The van der Waals surface area contributed by atoms with Crippen LogP contribution in [0.4, 0.5) is 4.39 Å². The molecule has 0 bridgehead atoms. The van der Waals surface area contributed by atoms with Crippen LogP contribution >= 0.6 is 15.9 Å². The van der Waals surface area contributed by atoms with Gasteiger partial charge in [0, 0.05) is 6.04 Å². The van der Waals surface area contributed by atoms with Gasteiger partial charge in [-0.1, -0.05) is 31.9 Å². The molecule has 100 valence electrons. The first-order valence-electron chi connectivity index (χ1n) is 6.76. The lowest BCUT2D eigenvalue weighted by atomic mass is 9.77. The molecule has 0 radical (unpaired) electrons. The summed E-state index contributed by atoms with van der Waals surface area (Å²) in [6.07, 6.45) is 5.80. The van der Waals surface area contributed by atoms with E-state index in [1.165, 1.54) is 31.7 Å². The lowest BCUT2D eigenvalue weighted by Gasteiger charge is -2.31. The van der Waals surface area contributed by atoms with Crippen LogP contribution in [0, 0.1) is 17.7 Å². The van der Waals surface area contributed by atoms with Crippen molar-refractivity contribution >= 4 is 15.9 Å². The molecule has 0 aromatic heterocycles. The summed E-state index contributed by atoms with van der Waals surface area (Å²) in [7, 11) is 0. The van der Waals surface area contributed by atoms with Crippen LogP contribution in [0.1, 0.15) is 38.2 Å². The zero-order valence-electron chi connectivity index (χ0n) is 10.8. The fraction of sp³-hybridized carbons (Fsp3) is 0.600. The third-order valence-electron chi connectivity index (χ3n) is 4.07. The minimum atomic E-state index is -0.197. The standard InChI is InChI=1S/C15H21BrFN/c1-10-4-2-5-11(8-10)14(18)9-12-6-3-7-13(17)15(12)16/h3,6-7,10-11,14H,2,4-5,8-9,18H2,1H3. The van der Waals surface area contributed by atoms with Crippen LogP contribution in [-0.2, 0) is 6.42 Å². The molecule has 1 aliphatic rings. The molecule has 3 unspecified atom stereocenters. The predicted molar refractivity (Wildman–Crippen MR) is 76.9 cm³/mol. The van der Waals surface area contributed by atoms with Gasteiger partial charge in [0.05, 0.1) is 4.47 Å². The molecule has 1 aromatic carbocycles. The molecule has 1 aliphatic carbocycles. The first-order chi connectivity index (χ1) is 8.58. The molecule has 18 heavy (non-hydrogen) atoms. The predicted octanol–water partition coefficient (Wildman–Crippen LogP) is 4.28. The van der Waals surface area contributed by atoms with E-state index < -0.39 is 0 Å². The molecule has 0 aliphatic heterocycles. The van der Waals surface area contributed by atoms with Gasteiger partial charge in [-0.3, -0.25) is 0 Å². The van der Waals surface area contributed by atoms with E-state index in [1.807, 2.05) is 6.07 Å². The molecular formula is C15H21BrFN. The van der Waals surface area contributed by atoms with Crippen molar-refractivity contribution in [1.82, 2.24) is 0 Å². The highest BCUT2D eigenvalue weighted by molar-refractivity contribution is 9.10. The Morgan fingerprint density at radius 3 is 2.94 bits per heavy atom. The monoisotopic (exact) mass is 313 g/mol. The second-order valence-electron chi connectivity index (χ2n) is 5.61. The molecule has 2 rings (SSSR count). The normalized spacial score (nSPS) is 26.0. The van der Waals surface area contributed by atoms with Crippen LogP contribution in [0.3, 0.4) is 0 Å². The second-order valence-corrected chi connectivity index (χ2v) is 6.41. The zero-order valence-corrected chi connectivity index (χ0v) is 12.4. The van der Waals surface area contributed by atoms with Crippen molar-refractivity contribution in [3.05, 3.63) is 34.1 Å². The van der Waals surface area contributed by atoms with Crippen molar-refractivity contribution in [2.45, 2.75) is 45.1 Å². The molecule has 1 aromatic rings. The molecular weight excluding hydrogens is 293 g/mol. The van der Waals surface area contributed by atoms with Crippen LogP contribution < -0.4 is 5.73 Å². The number of nitrogens with two attached hydrogens (primary N) is 1. The summed E-state index contributed by atoms with van der Waals surface area (Å²) in [6.45, 7) is 2.30. The van der Waals surface area contributed by atoms with E-state index in [9.17, 15) is 4.39 Å². The van der Waals surface area contributed by atoms with Gasteiger partial charge in [0.15, 0.2) is 0 Å². The number of rotatable bonds is 3. The molecule has 2 N–H and O–H groups in total. The Kier molecular flexibility index (Phi) is 4.79. The number of halogens is 2. The molecule has 1 nitrogen and oxygen atoms in total. The Morgan fingerprint density at radius 2 is 2.22 bits per heavy atom. The van der Waals surface area contributed by atoms with E-state index in [-0.39, 0.29) is 11.9 Å². The minimum Gasteiger partial charge on any atom is -0.327 e. The maximum Gasteiger partial charge on any atom is 0.137 e. The number of hydrogen-bond donors (Lipinski definition) is 1. The van der Waals surface area contributed by atoms with Gasteiger partial charge >= 0.3 is 0 Å². The Bertz CT molecular complexity index is 407. The molecule has 3 heteroatoms. The van der Waals surface area contributed by atoms with Gasteiger partial charge < -0.3 is 5.73 Å². The van der Waals surface area contributed by atoms with Crippen LogP contribution in [0.5, 0.6) is 0 Å². The van der Waals surface area contributed by atoms with Gasteiger partial charge in [0.2, 0.25) is 0 Å². The second kappa shape index (κ2) is 6.16. The summed E-state index contributed by atoms with van der Waals surface area (Å²) in [6, 6.07) is 5.33. The van der Waals surface area contributed by atoms with E-state index in [0.29, 0.717) is 10.4 Å². The SMILES string of the molecule is CC1CCCC(C(N)Cc2cccc(F)c2Br)C1. The summed E-state index contributed by atoms with van der Waals surface area (Å²) in [5.41, 5.74) is 7.31. The van der Waals surface area contributed by atoms with Crippen molar-refractivity contribution in [3.63, 3.8) is 0 Å². The molecule has 0 spiro atoms. The van der Waals surface area contributed by atoms with Gasteiger partial charge in [0.1, 0.15) is 5.82 Å². The molecule has 0 saturated heterocycles. The number of hydrogen-bond acceptors (Lipinski definition) is 1. The van der Waals surface area contributed by atoms with Gasteiger partial charge in [0.25, 0.3) is 0 Å². The van der Waals surface area contributed by atoms with Gasteiger partial charge in [-0.05, 0) is 58.7 Å². The van der Waals surface area contributed by atoms with Gasteiger partial charge in [-0.15, -0.1) is 0 Å². The Labute approximate surface area is 117 Å². The first kappa shape index (κ1) is 14.0. The summed E-state index contributed by atoms with van der Waals surface area (Å²) >= 11 is 3.31. The zero-order chi connectivity index (χ0) is 13.1. The third-order valence-corrected chi connectivity index (χ3v) is 4.96. The van der Waals surface area contributed by atoms with Crippen LogP contribution in [0.15, 0.2) is 22.7 Å². The van der Waals surface area contributed by atoms with Crippen LogP contribution in [-0.4, -0.2) is 6.04 Å². The average Bonchev–Trinajstić information content (AvgIpc) is 2.35. The lowest BCUT2D eigenvalue weighted by molar-refractivity contribution is 0.245. The molecule has 3 atom stereocenters. The van der Waals surface area contributed by atoms with Crippen LogP contribution in [0.25, 0.3) is 0 Å². The fourth-order valence-electron chi connectivity index (χ4n) is 3.00. The smallest absolute Gasteiger partial charge is 0.137 e. The Balaban J connectivity index is 2.02. The van der Waals surface area contributed by atoms with Crippen molar-refractivity contribution in [1.29, 1.82) is 0 Å². The highest BCUT2D eigenvalue weighted by Crippen LogP contribution is 2.32. The van der Waals surface area contributed by atoms with Crippen molar-refractivity contribution in [2.24, 2.45) is 17.6 Å². The third kappa shape index (κ3) is 3.33. The fourth-order valence-corrected chi connectivity index (χ4v) is 3.42. The summed E-state index contributed by atoms with van der Waals surface area (Å²) in [5.74, 6) is 1.17. The quantitative estimate of drug-likeness (QED) is 0.885. The topological polar surface area (TPSA) is 26.0 Å². The Hall–Kier alpha value is -0.410. The van der Waals surface area contributed by atoms with Crippen molar-refractivity contribution in [3.8, 4) is 0 Å². The lowest BCUT2D eigenvalue weighted by Crippen LogP contribution is -2.35. The molecule has 0 amide bonds. The van der Waals surface area contributed by atoms with Crippen LogP contribution in [0.2, 0.25) is 0 Å². The van der Waals surface area contributed by atoms with E-state index in [0.717, 1.165) is 17.9 Å². The summed E-state index contributed by atoms with van der Waals surface area (Å²) < 4.78 is 14.0. The van der Waals surface area contributed by atoms with Crippen molar-refractivity contribution < 1.29 is 4.39 Å².